The molecule has 3 heterocycles. The summed E-state index contributed by atoms with van der Waals surface area (Å²) in [6, 6.07) is 5.12. The molecule has 2 aromatic rings. The van der Waals surface area contributed by atoms with Gasteiger partial charge in [0.05, 0.1) is 20.3 Å². The van der Waals surface area contributed by atoms with E-state index in [-0.39, 0.29) is 23.7 Å². The highest BCUT2D eigenvalue weighted by Gasteiger charge is 2.42. The van der Waals surface area contributed by atoms with Crippen LogP contribution < -0.4 is 14.8 Å². The van der Waals surface area contributed by atoms with Gasteiger partial charge in [-0.15, -0.1) is 5.10 Å². The highest BCUT2D eigenvalue weighted by Crippen LogP contribution is 2.46. The molecule has 198 valence electrons. The van der Waals surface area contributed by atoms with Crippen molar-refractivity contribution in [3.05, 3.63) is 35.0 Å². The number of hydrogen-bond donors (Lipinski definition) is 1. The van der Waals surface area contributed by atoms with Gasteiger partial charge in [0, 0.05) is 30.8 Å². The molecular formula is C26H33N5O5S. The van der Waals surface area contributed by atoms with Gasteiger partial charge >= 0.3 is 0 Å². The number of amides is 1. The Kier molecular flexibility index (Phi) is 7.17. The van der Waals surface area contributed by atoms with Crippen molar-refractivity contribution >= 4 is 29.4 Å². The van der Waals surface area contributed by atoms with Crippen LogP contribution in [-0.2, 0) is 14.3 Å². The summed E-state index contributed by atoms with van der Waals surface area (Å²) in [6.07, 6.45) is 1.21. The molecule has 37 heavy (non-hydrogen) atoms. The number of aromatic nitrogens is 3. The molecule has 1 fully saturated rings. The van der Waals surface area contributed by atoms with E-state index >= 15 is 0 Å². The third-order valence-corrected chi connectivity index (χ3v) is 7.52. The van der Waals surface area contributed by atoms with Crippen molar-refractivity contribution in [1.82, 2.24) is 19.7 Å². The van der Waals surface area contributed by atoms with E-state index in [0.717, 1.165) is 23.4 Å². The lowest BCUT2D eigenvalue weighted by molar-refractivity contribution is -0.137. The van der Waals surface area contributed by atoms with Crippen molar-refractivity contribution in [3.63, 3.8) is 0 Å². The van der Waals surface area contributed by atoms with Gasteiger partial charge in [0.1, 0.15) is 6.04 Å². The lowest BCUT2D eigenvalue weighted by Gasteiger charge is -2.38. The van der Waals surface area contributed by atoms with Crippen LogP contribution in [0.25, 0.3) is 0 Å². The molecule has 5 rings (SSSR count). The molecule has 1 unspecified atom stereocenters. The third kappa shape index (κ3) is 5.19. The molecule has 1 saturated heterocycles. The standard InChI is InChI=1S/C26H33N5O5S/c1-5-37-25-28-24-27-17-13-26(2,3)14-18(32)22(17)23(31(24)29-25)16-6-7-19(20(12-16)34-4)36-15-21(33)30-8-10-35-11-9-30/h6-7,12,23H,5,8-11,13-15H2,1-4H3,(H,27,28,29). The third-order valence-electron chi connectivity index (χ3n) is 6.80. The van der Waals surface area contributed by atoms with E-state index in [2.05, 4.69) is 31.1 Å². The van der Waals surface area contributed by atoms with Gasteiger partial charge in [-0.3, -0.25) is 9.59 Å². The Morgan fingerprint density at radius 2 is 2.03 bits per heavy atom. The number of fused-ring (bicyclic) bond motifs is 1. The zero-order chi connectivity index (χ0) is 26.2. The Morgan fingerprint density at radius 3 is 2.76 bits per heavy atom. The first-order valence-corrected chi connectivity index (χ1v) is 13.6. The molecule has 1 atom stereocenters. The summed E-state index contributed by atoms with van der Waals surface area (Å²) in [5.41, 5.74) is 2.31. The summed E-state index contributed by atoms with van der Waals surface area (Å²) in [7, 11) is 1.56. The summed E-state index contributed by atoms with van der Waals surface area (Å²) in [5.74, 6) is 2.43. The second-order valence-corrected chi connectivity index (χ2v) is 11.4. The van der Waals surface area contributed by atoms with Gasteiger partial charge in [-0.25, -0.2) is 4.68 Å². The Hall–Kier alpha value is -3.05. The molecule has 0 saturated carbocycles. The smallest absolute Gasteiger partial charge is 0.260 e. The number of benzene rings is 1. The normalized spacial score (nSPS) is 20.7. The minimum absolute atomic E-state index is 0.0866. The van der Waals surface area contributed by atoms with Crippen LogP contribution in [0, 0.1) is 5.41 Å². The van der Waals surface area contributed by atoms with Crippen LogP contribution in [0.4, 0.5) is 5.95 Å². The van der Waals surface area contributed by atoms with Crippen LogP contribution in [0.2, 0.25) is 0 Å². The van der Waals surface area contributed by atoms with E-state index in [4.69, 9.17) is 19.3 Å². The molecule has 0 spiro atoms. The van der Waals surface area contributed by atoms with E-state index < -0.39 is 6.04 Å². The zero-order valence-corrected chi connectivity index (χ0v) is 22.5. The number of Topliss-reactive ketones (excluding diaryl/α,β-unsaturated/α-hetero) is 1. The van der Waals surface area contributed by atoms with Gasteiger partial charge in [-0.05, 0) is 35.3 Å². The maximum absolute atomic E-state index is 13.4. The predicted octanol–water partition coefficient (Wildman–Crippen LogP) is 3.29. The molecule has 1 N–H and O–H groups in total. The number of allylic oxidation sites excluding steroid dienone is 2. The number of nitrogens with one attached hydrogen (secondary N) is 1. The van der Waals surface area contributed by atoms with Crippen LogP contribution >= 0.6 is 11.8 Å². The van der Waals surface area contributed by atoms with E-state index in [9.17, 15) is 9.59 Å². The predicted molar refractivity (Wildman–Crippen MR) is 139 cm³/mol. The quantitative estimate of drug-likeness (QED) is 0.543. The number of morpholine rings is 1. The molecule has 3 aliphatic rings. The number of hydrogen-bond acceptors (Lipinski definition) is 9. The second kappa shape index (κ2) is 10.4. The molecule has 1 aromatic carbocycles. The van der Waals surface area contributed by atoms with Crippen molar-refractivity contribution in [1.29, 1.82) is 0 Å². The molecule has 1 aliphatic carbocycles. The number of thioether (sulfide) groups is 1. The first-order valence-electron chi connectivity index (χ1n) is 12.6. The lowest BCUT2D eigenvalue weighted by atomic mass is 9.73. The van der Waals surface area contributed by atoms with Gasteiger partial charge in [0.2, 0.25) is 11.1 Å². The van der Waals surface area contributed by atoms with E-state index in [1.807, 2.05) is 12.1 Å². The highest BCUT2D eigenvalue weighted by molar-refractivity contribution is 7.99. The fourth-order valence-electron chi connectivity index (χ4n) is 5.10. The number of anilines is 1. The van der Waals surface area contributed by atoms with Crippen molar-refractivity contribution < 1.29 is 23.8 Å². The topological polar surface area (TPSA) is 108 Å². The van der Waals surface area contributed by atoms with E-state index in [1.165, 1.54) is 0 Å². The van der Waals surface area contributed by atoms with Gasteiger partial charge < -0.3 is 24.4 Å². The molecule has 10 nitrogen and oxygen atoms in total. The summed E-state index contributed by atoms with van der Waals surface area (Å²) in [6.45, 7) is 8.39. The zero-order valence-electron chi connectivity index (χ0n) is 21.7. The average Bonchev–Trinajstić information content (AvgIpc) is 3.28. The molecule has 0 bridgehead atoms. The summed E-state index contributed by atoms with van der Waals surface area (Å²) < 4.78 is 18.6. The van der Waals surface area contributed by atoms with Crippen LogP contribution in [0.5, 0.6) is 11.5 Å². The number of carbonyl (C=O) groups is 2. The maximum atomic E-state index is 13.4. The van der Waals surface area contributed by atoms with Gasteiger partial charge in [0.15, 0.2) is 23.9 Å². The largest absolute Gasteiger partial charge is 0.493 e. The van der Waals surface area contributed by atoms with Crippen LogP contribution in [0.3, 0.4) is 0 Å². The van der Waals surface area contributed by atoms with Gasteiger partial charge in [-0.2, -0.15) is 4.98 Å². The minimum Gasteiger partial charge on any atom is -0.493 e. The van der Waals surface area contributed by atoms with Crippen molar-refractivity contribution in [3.8, 4) is 11.5 Å². The van der Waals surface area contributed by atoms with E-state index in [1.54, 1.807) is 34.5 Å². The van der Waals surface area contributed by atoms with Gasteiger partial charge in [-0.1, -0.05) is 38.6 Å². The van der Waals surface area contributed by atoms with Crippen molar-refractivity contribution in [2.45, 2.75) is 44.8 Å². The Bertz CT molecular complexity index is 1230. The minimum atomic E-state index is -0.438. The number of ketones is 1. The summed E-state index contributed by atoms with van der Waals surface area (Å²) in [5, 5.41) is 8.79. The molecule has 0 radical (unpaired) electrons. The first-order chi connectivity index (χ1) is 17.8. The Balaban J connectivity index is 1.47. The average molecular weight is 528 g/mol. The number of rotatable bonds is 7. The highest BCUT2D eigenvalue weighted by atomic mass is 32.2. The molecule has 2 aliphatic heterocycles. The fourth-order valence-corrected chi connectivity index (χ4v) is 5.66. The summed E-state index contributed by atoms with van der Waals surface area (Å²) >= 11 is 1.56. The van der Waals surface area contributed by atoms with Crippen molar-refractivity contribution in [2.24, 2.45) is 5.41 Å². The SMILES string of the molecule is CCSc1nc2n(n1)C(c1ccc(OCC(=O)N3CCOCC3)c(OC)c1)C1=C(CC(C)(C)CC1=O)N2. The van der Waals surface area contributed by atoms with Crippen LogP contribution in [-0.4, -0.2) is 77.1 Å². The monoisotopic (exact) mass is 527 g/mol. The Morgan fingerprint density at radius 1 is 1.24 bits per heavy atom. The van der Waals surface area contributed by atoms with Crippen molar-refractivity contribution in [2.75, 3.05) is 51.1 Å². The number of carbonyl (C=O) groups excluding carboxylic acids is 2. The molecule has 1 amide bonds. The van der Waals surface area contributed by atoms with Crippen LogP contribution in [0.15, 0.2) is 34.6 Å². The first kappa shape index (κ1) is 25.6. The molecular weight excluding hydrogens is 494 g/mol. The molecule has 1 aromatic heterocycles. The number of nitrogens with zero attached hydrogens (tertiary/aromatic N) is 4. The van der Waals surface area contributed by atoms with Gasteiger partial charge in [0.25, 0.3) is 5.91 Å². The second-order valence-electron chi connectivity index (χ2n) is 10.1. The number of methoxy groups -OCH3 is 1. The maximum Gasteiger partial charge on any atom is 0.260 e. The lowest BCUT2D eigenvalue weighted by Crippen LogP contribution is -2.43. The van der Waals surface area contributed by atoms with E-state index in [0.29, 0.717) is 60.9 Å². The fraction of sp³-hybridized carbons (Fsp3) is 0.538. The Labute approximate surface area is 220 Å². The summed E-state index contributed by atoms with van der Waals surface area (Å²) in [4.78, 5) is 32.4. The molecule has 11 heteroatoms. The number of ether oxygens (including phenoxy) is 3. The van der Waals surface area contributed by atoms with Crippen LogP contribution in [0.1, 0.15) is 45.2 Å².